The lowest BCUT2D eigenvalue weighted by Crippen LogP contribution is -2.12. The van der Waals surface area contributed by atoms with E-state index in [0.29, 0.717) is 17.1 Å². The van der Waals surface area contributed by atoms with Gasteiger partial charge in [-0.1, -0.05) is 34.1 Å². The summed E-state index contributed by atoms with van der Waals surface area (Å²) in [6.07, 6.45) is 1.59. The Balaban J connectivity index is 1.78. The number of carbonyl (C=O) groups excluding carboxylic acids is 1. The maximum Gasteiger partial charge on any atom is 0.255 e. The van der Waals surface area contributed by atoms with E-state index in [1.807, 2.05) is 48.5 Å². The van der Waals surface area contributed by atoms with Crippen LogP contribution in [0, 0.1) is 0 Å². The van der Waals surface area contributed by atoms with Crippen LogP contribution in [0.15, 0.2) is 71.3 Å². The van der Waals surface area contributed by atoms with E-state index in [2.05, 4.69) is 31.5 Å². The Kier molecular flexibility index (Phi) is 5.30. The van der Waals surface area contributed by atoms with E-state index in [1.54, 1.807) is 25.4 Å². The minimum atomic E-state index is -0.205. The summed E-state index contributed by atoms with van der Waals surface area (Å²) in [5, 5.41) is 6.03. The standard InChI is InChI=1S/C19H16BrN3O2/c1-25-17-8-3-2-7-16(17)23-18-11-13(9-10-21-18)19(24)22-15-6-4-5-14(20)12-15/h2-12H,1H3,(H,21,23)(H,22,24). The van der Waals surface area contributed by atoms with E-state index in [0.717, 1.165) is 15.8 Å². The number of nitrogens with one attached hydrogen (secondary N) is 2. The van der Waals surface area contributed by atoms with E-state index >= 15 is 0 Å². The summed E-state index contributed by atoms with van der Waals surface area (Å²) in [6.45, 7) is 0. The quantitative estimate of drug-likeness (QED) is 0.645. The number of methoxy groups -OCH3 is 1. The van der Waals surface area contributed by atoms with Crippen LogP contribution in [0.3, 0.4) is 0 Å². The normalized spacial score (nSPS) is 10.2. The maximum absolute atomic E-state index is 12.4. The number of pyridine rings is 1. The summed E-state index contributed by atoms with van der Waals surface area (Å²) in [5.74, 6) is 1.06. The predicted molar refractivity (Wildman–Crippen MR) is 103 cm³/mol. The monoisotopic (exact) mass is 397 g/mol. The second-order valence-electron chi connectivity index (χ2n) is 5.22. The second kappa shape index (κ2) is 7.81. The third-order valence-corrected chi connectivity index (χ3v) is 3.97. The largest absolute Gasteiger partial charge is 0.495 e. The Hall–Kier alpha value is -2.86. The number of aromatic nitrogens is 1. The van der Waals surface area contributed by atoms with Gasteiger partial charge in [-0.2, -0.15) is 0 Å². The third kappa shape index (κ3) is 4.36. The number of carbonyl (C=O) groups is 1. The fourth-order valence-electron chi connectivity index (χ4n) is 2.30. The van der Waals surface area contributed by atoms with Crippen LogP contribution in [0.4, 0.5) is 17.2 Å². The number of para-hydroxylation sites is 2. The van der Waals surface area contributed by atoms with Crippen molar-refractivity contribution in [1.82, 2.24) is 4.98 Å². The van der Waals surface area contributed by atoms with E-state index in [9.17, 15) is 4.79 Å². The summed E-state index contributed by atoms with van der Waals surface area (Å²) >= 11 is 3.39. The zero-order valence-electron chi connectivity index (χ0n) is 13.5. The van der Waals surface area contributed by atoms with Crippen LogP contribution >= 0.6 is 15.9 Å². The van der Waals surface area contributed by atoms with Crippen LogP contribution in [-0.2, 0) is 0 Å². The van der Waals surface area contributed by atoms with E-state index < -0.39 is 0 Å². The molecule has 0 atom stereocenters. The maximum atomic E-state index is 12.4. The summed E-state index contributed by atoms with van der Waals surface area (Å²) < 4.78 is 6.21. The first-order chi connectivity index (χ1) is 12.2. The number of rotatable bonds is 5. The van der Waals surface area contributed by atoms with Gasteiger partial charge in [-0.15, -0.1) is 0 Å². The fraction of sp³-hybridized carbons (Fsp3) is 0.0526. The van der Waals surface area contributed by atoms with E-state index in [-0.39, 0.29) is 5.91 Å². The van der Waals surface area contributed by atoms with Gasteiger partial charge in [-0.25, -0.2) is 4.98 Å². The van der Waals surface area contributed by atoms with Crippen molar-refractivity contribution in [1.29, 1.82) is 0 Å². The van der Waals surface area contributed by atoms with Crippen molar-refractivity contribution >= 4 is 39.0 Å². The lowest BCUT2D eigenvalue weighted by molar-refractivity contribution is 0.102. The highest BCUT2D eigenvalue weighted by molar-refractivity contribution is 9.10. The van der Waals surface area contributed by atoms with Crippen LogP contribution in [0.1, 0.15) is 10.4 Å². The van der Waals surface area contributed by atoms with Gasteiger partial charge in [-0.3, -0.25) is 4.79 Å². The van der Waals surface area contributed by atoms with Gasteiger partial charge in [0.1, 0.15) is 11.6 Å². The van der Waals surface area contributed by atoms with Crippen molar-refractivity contribution in [3.05, 3.63) is 76.9 Å². The van der Waals surface area contributed by atoms with Crippen LogP contribution in [0.2, 0.25) is 0 Å². The van der Waals surface area contributed by atoms with Gasteiger partial charge in [-0.05, 0) is 42.5 Å². The van der Waals surface area contributed by atoms with Gasteiger partial charge in [0.2, 0.25) is 0 Å². The van der Waals surface area contributed by atoms with Gasteiger partial charge >= 0.3 is 0 Å². The molecule has 3 rings (SSSR count). The number of nitrogens with zero attached hydrogens (tertiary/aromatic N) is 1. The van der Waals surface area contributed by atoms with Gasteiger partial charge in [0.25, 0.3) is 5.91 Å². The Bertz CT molecular complexity index is 899. The van der Waals surface area contributed by atoms with Crippen molar-refractivity contribution in [2.75, 3.05) is 17.7 Å². The lowest BCUT2D eigenvalue weighted by Gasteiger charge is -2.11. The Morgan fingerprint density at radius 3 is 2.72 bits per heavy atom. The number of amides is 1. The molecular formula is C19H16BrN3O2. The first-order valence-corrected chi connectivity index (χ1v) is 8.38. The number of benzene rings is 2. The molecule has 126 valence electrons. The first-order valence-electron chi connectivity index (χ1n) is 7.59. The van der Waals surface area contributed by atoms with E-state index in [1.165, 1.54) is 0 Å². The molecule has 5 nitrogen and oxygen atoms in total. The topological polar surface area (TPSA) is 63.2 Å². The number of hydrogen-bond acceptors (Lipinski definition) is 4. The smallest absolute Gasteiger partial charge is 0.255 e. The molecule has 0 saturated heterocycles. The van der Waals surface area contributed by atoms with Crippen molar-refractivity contribution < 1.29 is 9.53 Å². The highest BCUT2D eigenvalue weighted by Gasteiger charge is 2.09. The van der Waals surface area contributed by atoms with Crippen LogP contribution in [-0.4, -0.2) is 18.0 Å². The summed E-state index contributed by atoms with van der Waals surface area (Å²) in [6, 6.07) is 18.3. The van der Waals surface area contributed by atoms with Gasteiger partial charge in [0.05, 0.1) is 12.8 Å². The zero-order chi connectivity index (χ0) is 17.6. The molecule has 25 heavy (non-hydrogen) atoms. The SMILES string of the molecule is COc1ccccc1Nc1cc(C(=O)Nc2cccc(Br)c2)ccn1. The zero-order valence-corrected chi connectivity index (χ0v) is 15.1. The average molecular weight is 398 g/mol. The minimum Gasteiger partial charge on any atom is -0.495 e. The predicted octanol–water partition coefficient (Wildman–Crippen LogP) is 4.85. The third-order valence-electron chi connectivity index (χ3n) is 3.47. The molecule has 2 N–H and O–H groups in total. The molecule has 0 aliphatic rings. The highest BCUT2D eigenvalue weighted by atomic mass is 79.9. The molecule has 0 fully saturated rings. The summed E-state index contributed by atoms with van der Waals surface area (Å²) in [5.41, 5.74) is 2.00. The first kappa shape index (κ1) is 17.0. The molecule has 0 aliphatic heterocycles. The van der Waals surface area contributed by atoms with Crippen LogP contribution < -0.4 is 15.4 Å². The van der Waals surface area contributed by atoms with E-state index in [4.69, 9.17) is 4.74 Å². The molecule has 0 bridgehead atoms. The highest BCUT2D eigenvalue weighted by Crippen LogP contribution is 2.26. The number of halogens is 1. The molecule has 0 spiro atoms. The molecule has 6 heteroatoms. The summed E-state index contributed by atoms with van der Waals surface area (Å²) in [7, 11) is 1.61. The Labute approximate surface area is 154 Å². The van der Waals surface area contributed by atoms with Crippen molar-refractivity contribution in [2.24, 2.45) is 0 Å². The molecule has 0 saturated carbocycles. The fourth-order valence-corrected chi connectivity index (χ4v) is 2.69. The number of anilines is 3. The van der Waals surface area contributed by atoms with Crippen LogP contribution in [0.25, 0.3) is 0 Å². The molecule has 1 amide bonds. The molecule has 3 aromatic rings. The van der Waals surface area contributed by atoms with Crippen molar-refractivity contribution in [2.45, 2.75) is 0 Å². The molecule has 0 radical (unpaired) electrons. The number of hydrogen-bond donors (Lipinski definition) is 2. The molecule has 1 aromatic heterocycles. The summed E-state index contributed by atoms with van der Waals surface area (Å²) in [4.78, 5) is 16.7. The molecule has 0 aliphatic carbocycles. The van der Waals surface area contributed by atoms with Crippen molar-refractivity contribution in [3.8, 4) is 5.75 Å². The minimum absolute atomic E-state index is 0.205. The molecule has 0 unspecified atom stereocenters. The average Bonchev–Trinajstić information content (AvgIpc) is 2.62. The second-order valence-corrected chi connectivity index (χ2v) is 6.14. The lowest BCUT2D eigenvalue weighted by atomic mass is 10.2. The Morgan fingerprint density at radius 1 is 1.08 bits per heavy atom. The molecule has 1 heterocycles. The number of ether oxygens (including phenoxy) is 1. The molecular weight excluding hydrogens is 382 g/mol. The van der Waals surface area contributed by atoms with Crippen molar-refractivity contribution in [3.63, 3.8) is 0 Å². The van der Waals surface area contributed by atoms with Gasteiger partial charge in [0.15, 0.2) is 0 Å². The van der Waals surface area contributed by atoms with Gasteiger partial charge in [0, 0.05) is 21.9 Å². The van der Waals surface area contributed by atoms with Crippen LogP contribution in [0.5, 0.6) is 5.75 Å². The van der Waals surface area contributed by atoms with Gasteiger partial charge < -0.3 is 15.4 Å². The molecule has 2 aromatic carbocycles. The Morgan fingerprint density at radius 2 is 1.92 bits per heavy atom.